The molecule has 110 valence electrons. The zero-order chi connectivity index (χ0) is 14.8. The number of nitrogens with one attached hydrogen (secondary N) is 2. The van der Waals surface area contributed by atoms with Crippen LogP contribution in [0, 0.1) is 5.92 Å². The standard InChI is InChI=1S/C15H16N2O2S2/c1-9(11-3-2-8-20-11)16-15(19)12-6-7-13(21-12)17-14(18)10-4-5-10/h2-3,6-10H,4-5H2,1H3,(H,16,19)(H,17,18)/t9-/m1/s1. The minimum Gasteiger partial charge on any atom is -0.344 e. The molecule has 0 spiro atoms. The Morgan fingerprint density at radius 1 is 1.29 bits per heavy atom. The molecule has 2 aromatic rings. The number of carbonyl (C=O) groups is 2. The highest BCUT2D eigenvalue weighted by Gasteiger charge is 2.29. The first-order chi connectivity index (χ1) is 10.1. The zero-order valence-corrected chi connectivity index (χ0v) is 13.2. The molecule has 0 saturated heterocycles. The Balaban J connectivity index is 1.59. The summed E-state index contributed by atoms with van der Waals surface area (Å²) in [6, 6.07) is 7.51. The van der Waals surface area contributed by atoms with Gasteiger partial charge in [0.25, 0.3) is 5.91 Å². The second kappa shape index (κ2) is 5.99. The van der Waals surface area contributed by atoms with Crippen LogP contribution in [-0.2, 0) is 4.79 Å². The lowest BCUT2D eigenvalue weighted by Crippen LogP contribution is -2.25. The lowest BCUT2D eigenvalue weighted by molar-refractivity contribution is -0.117. The first kappa shape index (κ1) is 14.3. The van der Waals surface area contributed by atoms with Crippen molar-refractivity contribution in [2.24, 2.45) is 5.92 Å². The normalized spacial score (nSPS) is 15.5. The van der Waals surface area contributed by atoms with Crippen molar-refractivity contribution in [1.29, 1.82) is 0 Å². The molecule has 1 atom stereocenters. The van der Waals surface area contributed by atoms with Crippen LogP contribution in [0.15, 0.2) is 29.6 Å². The number of hydrogen-bond acceptors (Lipinski definition) is 4. The molecule has 0 radical (unpaired) electrons. The van der Waals surface area contributed by atoms with Gasteiger partial charge in [0.15, 0.2) is 0 Å². The highest BCUT2D eigenvalue weighted by molar-refractivity contribution is 7.18. The molecular formula is C15H16N2O2S2. The maximum absolute atomic E-state index is 12.2. The summed E-state index contributed by atoms with van der Waals surface area (Å²) in [6.45, 7) is 1.97. The minimum absolute atomic E-state index is 0.0101. The minimum atomic E-state index is -0.104. The molecule has 4 nitrogen and oxygen atoms in total. The van der Waals surface area contributed by atoms with Gasteiger partial charge in [-0.3, -0.25) is 9.59 Å². The summed E-state index contributed by atoms with van der Waals surface area (Å²) >= 11 is 2.94. The number of amides is 2. The van der Waals surface area contributed by atoms with Gasteiger partial charge < -0.3 is 10.6 Å². The Bertz CT molecular complexity index is 644. The van der Waals surface area contributed by atoms with E-state index in [9.17, 15) is 9.59 Å². The van der Waals surface area contributed by atoms with Crippen molar-refractivity contribution < 1.29 is 9.59 Å². The molecule has 6 heteroatoms. The molecule has 2 N–H and O–H groups in total. The van der Waals surface area contributed by atoms with Gasteiger partial charge in [0.05, 0.1) is 15.9 Å². The van der Waals surface area contributed by atoms with E-state index in [0.717, 1.165) is 22.7 Å². The number of rotatable bonds is 5. The Morgan fingerprint density at radius 3 is 2.76 bits per heavy atom. The van der Waals surface area contributed by atoms with Gasteiger partial charge in [-0.15, -0.1) is 22.7 Å². The van der Waals surface area contributed by atoms with Crippen LogP contribution in [0.4, 0.5) is 5.00 Å². The van der Waals surface area contributed by atoms with E-state index >= 15 is 0 Å². The largest absolute Gasteiger partial charge is 0.344 e. The SMILES string of the molecule is C[C@@H](NC(=O)c1ccc(NC(=O)C2CC2)s1)c1cccs1. The Hall–Kier alpha value is -1.66. The molecule has 0 aromatic carbocycles. The third-order valence-corrected chi connectivity index (χ3v) is 5.40. The Morgan fingerprint density at radius 2 is 2.10 bits per heavy atom. The van der Waals surface area contributed by atoms with Crippen LogP contribution < -0.4 is 10.6 Å². The lowest BCUT2D eigenvalue weighted by atomic mass is 10.2. The van der Waals surface area contributed by atoms with E-state index in [4.69, 9.17) is 0 Å². The fourth-order valence-electron chi connectivity index (χ4n) is 1.97. The topological polar surface area (TPSA) is 58.2 Å². The van der Waals surface area contributed by atoms with Crippen LogP contribution in [0.25, 0.3) is 0 Å². The van der Waals surface area contributed by atoms with E-state index in [1.165, 1.54) is 11.3 Å². The average Bonchev–Trinajstić information content (AvgIpc) is 2.99. The highest BCUT2D eigenvalue weighted by atomic mass is 32.1. The van der Waals surface area contributed by atoms with Gasteiger partial charge in [0.1, 0.15) is 0 Å². The van der Waals surface area contributed by atoms with Gasteiger partial charge in [-0.1, -0.05) is 6.07 Å². The highest BCUT2D eigenvalue weighted by Crippen LogP contribution is 2.31. The van der Waals surface area contributed by atoms with Crippen LogP contribution >= 0.6 is 22.7 Å². The molecule has 1 saturated carbocycles. The molecule has 2 amide bonds. The van der Waals surface area contributed by atoms with Crippen LogP contribution in [0.3, 0.4) is 0 Å². The van der Waals surface area contributed by atoms with Gasteiger partial charge in [-0.25, -0.2) is 0 Å². The predicted molar refractivity (Wildman–Crippen MR) is 85.9 cm³/mol. The third kappa shape index (κ3) is 3.51. The summed E-state index contributed by atoms with van der Waals surface area (Å²) in [5, 5.41) is 8.56. The lowest BCUT2D eigenvalue weighted by Gasteiger charge is -2.10. The monoisotopic (exact) mass is 320 g/mol. The summed E-state index contributed by atoms with van der Waals surface area (Å²) in [6.07, 6.45) is 1.95. The van der Waals surface area contributed by atoms with Crippen LogP contribution in [0.1, 0.15) is 40.4 Å². The van der Waals surface area contributed by atoms with E-state index < -0.39 is 0 Å². The van der Waals surface area contributed by atoms with E-state index in [2.05, 4.69) is 10.6 Å². The maximum Gasteiger partial charge on any atom is 0.261 e. The summed E-state index contributed by atoms with van der Waals surface area (Å²) in [5.41, 5.74) is 0. The van der Waals surface area contributed by atoms with Crippen molar-refractivity contribution in [3.05, 3.63) is 39.4 Å². The average molecular weight is 320 g/mol. The van der Waals surface area contributed by atoms with Crippen LogP contribution in [0.2, 0.25) is 0 Å². The van der Waals surface area contributed by atoms with Crippen molar-refractivity contribution >= 4 is 39.5 Å². The van der Waals surface area contributed by atoms with E-state index in [0.29, 0.717) is 4.88 Å². The van der Waals surface area contributed by atoms with Gasteiger partial charge in [-0.2, -0.15) is 0 Å². The van der Waals surface area contributed by atoms with Gasteiger partial charge in [0.2, 0.25) is 5.91 Å². The first-order valence-electron chi connectivity index (χ1n) is 6.88. The second-order valence-electron chi connectivity index (χ2n) is 5.14. The third-order valence-electron chi connectivity index (χ3n) is 3.34. The maximum atomic E-state index is 12.2. The van der Waals surface area contributed by atoms with Crippen molar-refractivity contribution in [3.8, 4) is 0 Å². The predicted octanol–water partition coefficient (Wildman–Crippen LogP) is 3.65. The summed E-state index contributed by atoms with van der Waals surface area (Å²) < 4.78 is 0. The summed E-state index contributed by atoms with van der Waals surface area (Å²) in [5.74, 6) is 0.131. The van der Waals surface area contributed by atoms with E-state index in [1.54, 1.807) is 23.5 Å². The molecule has 1 aliphatic rings. The smallest absolute Gasteiger partial charge is 0.261 e. The van der Waals surface area contributed by atoms with Crippen LogP contribution in [-0.4, -0.2) is 11.8 Å². The quantitative estimate of drug-likeness (QED) is 0.883. The molecule has 0 bridgehead atoms. The van der Waals surface area contributed by atoms with Crippen LogP contribution in [0.5, 0.6) is 0 Å². The molecular weight excluding hydrogens is 304 g/mol. The zero-order valence-electron chi connectivity index (χ0n) is 11.6. The molecule has 21 heavy (non-hydrogen) atoms. The number of hydrogen-bond donors (Lipinski definition) is 2. The molecule has 2 heterocycles. The summed E-state index contributed by atoms with van der Waals surface area (Å²) in [7, 11) is 0. The van der Waals surface area contributed by atoms with Gasteiger partial charge >= 0.3 is 0 Å². The molecule has 0 aliphatic heterocycles. The molecule has 1 fully saturated rings. The molecule has 1 aliphatic carbocycles. The van der Waals surface area contributed by atoms with Crippen molar-refractivity contribution in [1.82, 2.24) is 5.32 Å². The molecule has 2 aromatic heterocycles. The fourth-order valence-corrected chi connectivity index (χ4v) is 3.52. The van der Waals surface area contributed by atoms with E-state index in [-0.39, 0.29) is 23.8 Å². The number of carbonyl (C=O) groups excluding carboxylic acids is 2. The number of anilines is 1. The fraction of sp³-hybridized carbons (Fsp3) is 0.333. The second-order valence-corrected chi connectivity index (χ2v) is 7.20. The van der Waals surface area contributed by atoms with E-state index in [1.807, 2.05) is 24.4 Å². The first-order valence-corrected chi connectivity index (χ1v) is 8.58. The molecule has 0 unspecified atom stereocenters. The Labute approximate surface area is 131 Å². The van der Waals surface area contributed by atoms with Crippen molar-refractivity contribution in [2.75, 3.05) is 5.32 Å². The van der Waals surface area contributed by atoms with Crippen molar-refractivity contribution in [3.63, 3.8) is 0 Å². The number of thiophene rings is 2. The van der Waals surface area contributed by atoms with Gasteiger partial charge in [0, 0.05) is 10.8 Å². The summed E-state index contributed by atoms with van der Waals surface area (Å²) in [4.78, 5) is 25.6. The van der Waals surface area contributed by atoms with Gasteiger partial charge in [-0.05, 0) is 43.3 Å². The van der Waals surface area contributed by atoms with Crippen molar-refractivity contribution in [2.45, 2.75) is 25.8 Å². The molecule has 3 rings (SSSR count). The Kier molecular flexibility index (Phi) is 4.07.